The summed E-state index contributed by atoms with van der Waals surface area (Å²) in [4.78, 5) is 22.8. The maximum atomic E-state index is 12.7. The van der Waals surface area contributed by atoms with Gasteiger partial charge in [-0.05, 0) is 19.1 Å². The zero-order valence-electron chi connectivity index (χ0n) is 13.6. The number of oxazole rings is 1. The van der Waals surface area contributed by atoms with Crippen molar-refractivity contribution < 1.29 is 9.21 Å². The number of rotatable bonds is 2. The Hall–Kier alpha value is -2.96. The monoisotopic (exact) mass is 323 g/mol. The lowest BCUT2D eigenvalue weighted by Crippen LogP contribution is -2.36. The first-order valence-corrected chi connectivity index (χ1v) is 7.80. The number of carbonyl (C=O) groups excluding carboxylic acids is 1. The number of hydrogen-bond acceptors (Lipinski definition) is 5. The number of hydrogen-bond donors (Lipinski definition) is 0. The molecule has 1 aliphatic rings. The Kier molecular flexibility index (Phi) is 3.41. The molecule has 3 aromatic heterocycles. The summed E-state index contributed by atoms with van der Waals surface area (Å²) in [5.41, 5.74) is 3.49. The van der Waals surface area contributed by atoms with Crippen molar-refractivity contribution in [1.29, 1.82) is 0 Å². The average Bonchev–Trinajstić information content (AvgIpc) is 3.18. The molecular formula is C17H17N5O2. The summed E-state index contributed by atoms with van der Waals surface area (Å²) in [6.07, 6.45) is 5.70. The minimum atomic E-state index is 0.00133. The zero-order valence-corrected chi connectivity index (χ0v) is 13.6. The van der Waals surface area contributed by atoms with Crippen LogP contribution in [0, 0.1) is 6.92 Å². The van der Waals surface area contributed by atoms with E-state index in [2.05, 4.69) is 15.1 Å². The van der Waals surface area contributed by atoms with Crippen LogP contribution in [-0.2, 0) is 20.0 Å². The molecule has 0 aliphatic carbocycles. The van der Waals surface area contributed by atoms with E-state index in [1.54, 1.807) is 30.7 Å². The molecular weight excluding hydrogens is 306 g/mol. The number of amides is 1. The van der Waals surface area contributed by atoms with Crippen LogP contribution < -0.4 is 0 Å². The molecule has 0 atom stereocenters. The van der Waals surface area contributed by atoms with Crippen molar-refractivity contribution in [3.05, 3.63) is 53.3 Å². The lowest BCUT2D eigenvalue weighted by atomic mass is 10.0. The maximum absolute atomic E-state index is 12.7. The minimum absolute atomic E-state index is 0.00133. The molecule has 7 nitrogen and oxygen atoms in total. The van der Waals surface area contributed by atoms with Gasteiger partial charge in [-0.2, -0.15) is 5.10 Å². The highest BCUT2D eigenvalue weighted by atomic mass is 16.4. The third kappa shape index (κ3) is 2.38. The molecule has 0 N–H and O–H groups in total. The van der Waals surface area contributed by atoms with Crippen molar-refractivity contribution in [2.24, 2.45) is 7.05 Å². The Labute approximate surface area is 138 Å². The van der Waals surface area contributed by atoms with Crippen molar-refractivity contribution in [2.45, 2.75) is 19.9 Å². The summed E-state index contributed by atoms with van der Waals surface area (Å²) >= 11 is 0. The van der Waals surface area contributed by atoms with Gasteiger partial charge in [0.15, 0.2) is 5.69 Å². The Morgan fingerprint density at radius 2 is 2.08 bits per heavy atom. The summed E-state index contributed by atoms with van der Waals surface area (Å²) < 4.78 is 7.49. The Morgan fingerprint density at radius 3 is 2.79 bits per heavy atom. The van der Waals surface area contributed by atoms with E-state index >= 15 is 0 Å². The fourth-order valence-corrected chi connectivity index (χ4v) is 3.08. The van der Waals surface area contributed by atoms with E-state index in [0.717, 1.165) is 23.4 Å². The van der Waals surface area contributed by atoms with Gasteiger partial charge in [0, 0.05) is 49.2 Å². The molecule has 122 valence electrons. The summed E-state index contributed by atoms with van der Waals surface area (Å²) in [6, 6.07) is 3.47. The highest BCUT2D eigenvalue weighted by Gasteiger charge is 2.29. The average molecular weight is 323 g/mol. The molecule has 1 amide bonds. The lowest BCUT2D eigenvalue weighted by molar-refractivity contribution is 0.0733. The third-order valence-electron chi connectivity index (χ3n) is 4.28. The molecule has 0 radical (unpaired) electrons. The molecule has 0 fully saturated rings. The van der Waals surface area contributed by atoms with E-state index in [1.807, 2.05) is 23.6 Å². The van der Waals surface area contributed by atoms with Gasteiger partial charge in [-0.1, -0.05) is 0 Å². The normalized spacial score (nSPS) is 13.8. The van der Waals surface area contributed by atoms with Gasteiger partial charge in [-0.15, -0.1) is 0 Å². The molecule has 0 bridgehead atoms. The van der Waals surface area contributed by atoms with E-state index in [0.29, 0.717) is 30.2 Å². The van der Waals surface area contributed by atoms with Crippen molar-refractivity contribution in [1.82, 2.24) is 24.6 Å². The number of fused-ring (bicyclic) bond motifs is 1. The van der Waals surface area contributed by atoms with E-state index in [1.165, 1.54) is 0 Å². The van der Waals surface area contributed by atoms with Crippen LogP contribution in [0.5, 0.6) is 0 Å². The van der Waals surface area contributed by atoms with Crippen LogP contribution in [0.1, 0.15) is 27.4 Å². The van der Waals surface area contributed by atoms with Crippen LogP contribution in [-0.4, -0.2) is 37.1 Å². The Balaban J connectivity index is 1.68. The zero-order chi connectivity index (χ0) is 16.7. The van der Waals surface area contributed by atoms with Crippen molar-refractivity contribution in [3.8, 4) is 11.6 Å². The predicted molar refractivity (Wildman–Crippen MR) is 86.1 cm³/mol. The van der Waals surface area contributed by atoms with E-state index in [4.69, 9.17) is 4.42 Å². The van der Waals surface area contributed by atoms with Crippen molar-refractivity contribution in [2.75, 3.05) is 6.54 Å². The highest BCUT2D eigenvalue weighted by molar-refractivity contribution is 5.94. The molecule has 0 spiro atoms. The number of aromatic nitrogens is 4. The molecule has 4 heterocycles. The second-order valence-corrected chi connectivity index (χ2v) is 5.89. The van der Waals surface area contributed by atoms with E-state index in [9.17, 15) is 4.79 Å². The molecule has 3 aromatic rings. The van der Waals surface area contributed by atoms with Crippen molar-refractivity contribution >= 4 is 5.91 Å². The first-order chi connectivity index (χ1) is 11.6. The molecule has 0 saturated heterocycles. The molecule has 24 heavy (non-hydrogen) atoms. The van der Waals surface area contributed by atoms with Gasteiger partial charge in [0.2, 0.25) is 5.89 Å². The minimum Gasteiger partial charge on any atom is -0.440 e. The van der Waals surface area contributed by atoms with Crippen LogP contribution in [0.3, 0.4) is 0 Å². The van der Waals surface area contributed by atoms with Gasteiger partial charge < -0.3 is 9.32 Å². The summed E-state index contributed by atoms with van der Waals surface area (Å²) in [5.74, 6) is 1.24. The molecule has 7 heteroatoms. The van der Waals surface area contributed by atoms with Crippen LogP contribution in [0.4, 0.5) is 0 Å². The fraction of sp³-hybridized carbons (Fsp3) is 0.294. The number of aryl methyl sites for hydroxylation is 2. The fourth-order valence-electron chi connectivity index (χ4n) is 3.08. The van der Waals surface area contributed by atoms with Crippen LogP contribution >= 0.6 is 0 Å². The number of carbonyl (C=O) groups is 1. The van der Waals surface area contributed by atoms with Gasteiger partial charge in [0.05, 0.1) is 12.7 Å². The predicted octanol–water partition coefficient (Wildman–Crippen LogP) is 1.98. The number of nitrogens with zero attached hydrogens (tertiary/aromatic N) is 5. The SMILES string of the molecule is Cc1cnc(-c2nn(C)c3c2CN(C(=O)c2ccncc2)CC3)o1. The Morgan fingerprint density at radius 1 is 1.29 bits per heavy atom. The molecule has 1 aliphatic heterocycles. The lowest BCUT2D eigenvalue weighted by Gasteiger charge is -2.27. The van der Waals surface area contributed by atoms with Crippen LogP contribution in [0.25, 0.3) is 11.6 Å². The second-order valence-electron chi connectivity index (χ2n) is 5.89. The maximum Gasteiger partial charge on any atom is 0.254 e. The van der Waals surface area contributed by atoms with Gasteiger partial charge in [0.1, 0.15) is 5.76 Å². The summed E-state index contributed by atoms with van der Waals surface area (Å²) in [5, 5.41) is 4.55. The second kappa shape index (κ2) is 5.59. The van der Waals surface area contributed by atoms with Gasteiger partial charge in [0.25, 0.3) is 5.91 Å². The largest absolute Gasteiger partial charge is 0.440 e. The van der Waals surface area contributed by atoms with Crippen LogP contribution in [0.2, 0.25) is 0 Å². The van der Waals surface area contributed by atoms with Crippen LogP contribution in [0.15, 0.2) is 35.1 Å². The molecule has 0 saturated carbocycles. The quantitative estimate of drug-likeness (QED) is 0.720. The first kappa shape index (κ1) is 14.6. The van der Waals surface area contributed by atoms with Gasteiger partial charge in [-0.25, -0.2) is 4.98 Å². The highest BCUT2D eigenvalue weighted by Crippen LogP contribution is 2.29. The molecule has 0 aromatic carbocycles. The molecule has 0 unspecified atom stereocenters. The first-order valence-electron chi connectivity index (χ1n) is 7.80. The van der Waals surface area contributed by atoms with Crippen molar-refractivity contribution in [3.63, 3.8) is 0 Å². The Bertz CT molecular complexity index is 897. The molecule has 4 rings (SSSR count). The standard InChI is InChI=1S/C17H17N5O2/c1-11-9-19-16(24-11)15-13-10-22(8-5-14(13)21(2)20-15)17(23)12-3-6-18-7-4-12/h3-4,6-7,9H,5,8,10H2,1-2H3. The third-order valence-corrected chi connectivity index (χ3v) is 4.28. The topological polar surface area (TPSA) is 77.1 Å². The van der Waals surface area contributed by atoms with E-state index < -0.39 is 0 Å². The van der Waals surface area contributed by atoms with Gasteiger partial charge in [-0.3, -0.25) is 14.5 Å². The number of pyridine rings is 1. The van der Waals surface area contributed by atoms with Gasteiger partial charge >= 0.3 is 0 Å². The smallest absolute Gasteiger partial charge is 0.254 e. The summed E-state index contributed by atoms with van der Waals surface area (Å²) in [6.45, 7) is 3.02. The van der Waals surface area contributed by atoms with E-state index in [-0.39, 0.29) is 5.91 Å². The summed E-state index contributed by atoms with van der Waals surface area (Å²) in [7, 11) is 1.92.